The van der Waals surface area contributed by atoms with Gasteiger partial charge in [-0.25, -0.2) is 9.78 Å². The number of aromatic nitrogens is 2. The minimum Gasteiger partial charge on any atom is -0.484 e. The van der Waals surface area contributed by atoms with E-state index in [0.29, 0.717) is 29.7 Å². The molecule has 31 heavy (non-hydrogen) atoms. The van der Waals surface area contributed by atoms with E-state index in [9.17, 15) is 4.79 Å². The number of benzene rings is 2. The molecule has 1 saturated heterocycles. The Kier molecular flexibility index (Phi) is 6.53. The number of amides is 2. The zero-order valence-corrected chi connectivity index (χ0v) is 18.3. The number of hydrogen-bond donors (Lipinski definition) is 1. The van der Waals surface area contributed by atoms with Gasteiger partial charge in [-0.3, -0.25) is 0 Å². The molecule has 2 amide bonds. The SMILES string of the molecule is NC(=O)N1CCN(c2ccc(OC(Cn3ccnc3)c3ccc(Cl)cc3Cl)cc2)CC1. The van der Waals surface area contributed by atoms with Gasteiger partial charge in [0, 0.05) is 59.9 Å². The fourth-order valence-corrected chi connectivity index (χ4v) is 4.16. The zero-order valence-electron chi connectivity index (χ0n) is 16.8. The molecule has 0 spiro atoms. The van der Waals surface area contributed by atoms with E-state index < -0.39 is 0 Å². The van der Waals surface area contributed by atoms with Crippen LogP contribution in [-0.4, -0.2) is 46.7 Å². The zero-order chi connectivity index (χ0) is 21.8. The first-order valence-corrected chi connectivity index (χ1v) is 10.7. The highest BCUT2D eigenvalue weighted by atomic mass is 35.5. The van der Waals surface area contributed by atoms with E-state index in [4.69, 9.17) is 33.7 Å². The maximum absolute atomic E-state index is 11.3. The first-order valence-electron chi connectivity index (χ1n) is 9.96. The second-order valence-corrected chi connectivity index (χ2v) is 8.18. The Balaban J connectivity index is 1.48. The Morgan fingerprint density at radius 1 is 1.10 bits per heavy atom. The van der Waals surface area contributed by atoms with Crippen LogP contribution in [0.25, 0.3) is 0 Å². The second kappa shape index (κ2) is 9.49. The van der Waals surface area contributed by atoms with E-state index in [2.05, 4.69) is 9.88 Å². The molecule has 2 aromatic carbocycles. The van der Waals surface area contributed by atoms with E-state index in [0.717, 1.165) is 30.1 Å². The van der Waals surface area contributed by atoms with Crippen molar-refractivity contribution < 1.29 is 9.53 Å². The van der Waals surface area contributed by atoms with E-state index >= 15 is 0 Å². The molecule has 4 rings (SSSR count). The Morgan fingerprint density at radius 2 is 1.84 bits per heavy atom. The number of halogens is 2. The van der Waals surface area contributed by atoms with Crippen molar-refractivity contribution in [3.8, 4) is 5.75 Å². The van der Waals surface area contributed by atoms with Gasteiger partial charge >= 0.3 is 6.03 Å². The molecule has 0 radical (unpaired) electrons. The van der Waals surface area contributed by atoms with Gasteiger partial charge < -0.3 is 24.8 Å². The number of piperazine rings is 1. The lowest BCUT2D eigenvalue weighted by atomic mass is 10.1. The molecule has 7 nitrogen and oxygen atoms in total. The molecule has 1 fully saturated rings. The van der Waals surface area contributed by atoms with E-state index in [-0.39, 0.29) is 12.1 Å². The monoisotopic (exact) mass is 459 g/mol. The normalized spacial score (nSPS) is 15.0. The van der Waals surface area contributed by atoms with Gasteiger partial charge in [0.15, 0.2) is 0 Å². The molecule has 1 unspecified atom stereocenters. The third-order valence-electron chi connectivity index (χ3n) is 5.32. The molecule has 1 aromatic heterocycles. The second-order valence-electron chi connectivity index (χ2n) is 7.34. The van der Waals surface area contributed by atoms with Gasteiger partial charge in [0.1, 0.15) is 11.9 Å². The smallest absolute Gasteiger partial charge is 0.314 e. The molecular formula is C22H23Cl2N5O2. The third-order valence-corrected chi connectivity index (χ3v) is 5.88. The largest absolute Gasteiger partial charge is 0.484 e. The number of hydrogen-bond acceptors (Lipinski definition) is 4. The summed E-state index contributed by atoms with van der Waals surface area (Å²) in [6.45, 7) is 3.28. The van der Waals surface area contributed by atoms with Gasteiger partial charge in [-0.15, -0.1) is 0 Å². The number of imidazole rings is 1. The number of nitrogens with two attached hydrogens (primary N) is 1. The van der Waals surface area contributed by atoms with Gasteiger partial charge in [0.2, 0.25) is 0 Å². The number of rotatable bonds is 6. The van der Waals surface area contributed by atoms with Crippen molar-refractivity contribution in [2.45, 2.75) is 12.6 Å². The van der Waals surface area contributed by atoms with Crippen LogP contribution in [0.3, 0.4) is 0 Å². The predicted octanol–water partition coefficient (Wildman–Crippen LogP) is 4.21. The van der Waals surface area contributed by atoms with Crippen LogP contribution in [0.15, 0.2) is 61.2 Å². The lowest BCUT2D eigenvalue weighted by molar-refractivity contribution is 0.183. The molecule has 162 valence electrons. The number of nitrogens with zero attached hydrogens (tertiary/aromatic N) is 4. The molecule has 1 atom stereocenters. The summed E-state index contributed by atoms with van der Waals surface area (Å²) in [6, 6.07) is 13.0. The van der Waals surface area contributed by atoms with Crippen LogP contribution >= 0.6 is 23.2 Å². The summed E-state index contributed by atoms with van der Waals surface area (Å²) in [5, 5.41) is 1.14. The van der Waals surface area contributed by atoms with Gasteiger partial charge in [-0.2, -0.15) is 0 Å². The van der Waals surface area contributed by atoms with Crippen LogP contribution in [0.1, 0.15) is 11.7 Å². The van der Waals surface area contributed by atoms with Crippen LogP contribution in [-0.2, 0) is 6.54 Å². The van der Waals surface area contributed by atoms with Crippen LogP contribution < -0.4 is 15.4 Å². The van der Waals surface area contributed by atoms with Crippen molar-refractivity contribution in [1.82, 2.24) is 14.5 Å². The number of primary amides is 1. The Morgan fingerprint density at radius 3 is 2.45 bits per heavy atom. The molecule has 2 N–H and O–H groups in total. The summed E-state index contributed by atoms with van der Waals surface area (Å²) in [5.74, 6) is 0.732. The summed E-state index contributed by atoms with van der Waals surface area (Å²) >= 11 is 12.5. The van der Waals surface area contributed by atoms with Crippen molar-refractivity contribution in [1.29, 1.82) is 0 Å². The summed E-state index contributed by atoms with van der Waals surface area (Å²) in [7, 11) is 0. The van der Waals surface area contributed by atoms with Crippen LogP contribution in [0.5, 0.6) is 5.75 Å². The number of urea groups is 1. The molecule has 1 aliphatic heterocycles. The predicted molar refractivity (Wildman–Crippen MR) is 122 cm³/mol. The van der Waals surface area contributed by atoms with E-state index in [1.807, 2.05) is 47.2 Å². The van der Waals surface area contributed by atoms with Gasteiger partial charge in [-0.1, -0.05) is 29.3 Å². The Bertz CT molecular complexity index is 1020. The molecule has 1 aliphatic rings. The number of carbonyl (C=O) groups is 1. The van der Waals surface area contributed by atoms with Gasteiger partial charge in [0.25, 0.3) is 0 Å². The fourth-order valence-electron chi connectivity index (χ4n) is 3.63. The highest BCUT2D eigenvalue weighted by molar-refractivity contribution is 6.35. The van der Waals surface area contributed by atoms with E-state index in [1.54, 1.807) is 23.5 Å². The highest BCUT2D eigenvalue weighted by Crippen LogP contribution is 2.32. The van der Waals surface area contributed by atoms with Crippen LogP contribution in [0, 0.1) is 0 Å². The first-order chi connectivity index (χ1) is 15.0. The van der Waals surface area contributed by atoms with E-state index in [1.165, 1.54) is 0 Å². The molecule has 0 bridgehead atoms. The Hall–Kier alpha value is -2.90. The quantitative estimate of drug-likeness (QED) is 0.598. The maximum Gasteiger partial charge on any atom is 0.314 e. The number of ether oxygens (including phenoxy) is 1. The van der Waals surface area contributed by atoms with Crippen molar-refractivity contribution >= 4 is 34.9 Å². The van der Waals surface area contributed by atoms with Crippen LogP contribution in [0.4, 0.5) is 10.5 Å². The molecule has 0 saturated carbocycles. The lowest BCUT2D eigenvalue weighted by Crippen LogP contribution is -2.50. The summed E-state index contributed by atoms with van der Waals surface area (Å²) < 4.78 is 8.27. The summed E-state index contributed by atoms with van der Waals surface area (Å²) in [6.07, 6.45) is 5.04. The standard InChI is InChI=1S/C22H23Cl2N5O2/c23-16-1-6-19(20(24)13-16)21(14-27-8-7-26-15-27)31-18-4-2-17(3-5-18)28-9-11-29(12-10-28)22(25)30/h1-8,13,15,21H,9-12,14H2,(H2,25,30). The van der Waals surface area contributed by atoms with Crippen molar-refractivity contribution in [2.75, 3.05) is 31.1 Å². The van der Waals surface area contributed by atoms with Crippen molar-refractivity contribution in [2.24, 2.45) is 5.73 Å². The molecule has 0 aliphatic carbocycles. The maximum atomic E-state index is 11.3. The summed E-state index contributed by atoms with van der Waals surface area (Å²) in [5.41, 5.74) is 7.29. The molecular weight excluding hydrogens is 437 g/mol. The molecule has 2 heterocycles. The Labute approximate surface area is 190 Å². The fraction of sp³-hybridized carbons (Fsp3) is 0.273. The van der Waals surface area contributed by atoms with Gasteiger partial charge in [0.05, 0.1) is 12.9 Å². The molecule has 3 aromatic rings. The van der Waals surface area contributed by atoms with Crippen LogP contribution in [0.2, 0.25) is 10.0 Å². The topological polar surface area (TPSA) is 76.6 Å². The number of carbonyl (C=O) groups excluding carboxylic acids is 1. The third kappa shape index (κ3) is 5.24. The van der Waals surface area contributed by atoms with Crippen molar-refractivity contribution in [3.63, 3.8) is 0 Å². The molecule has 9 heteroatoms. The average molecular weight is 460 g/mol. The first kappa shape index (κ1) is 21.3. The summed E-state index contributed by atoms with van der Waals surface area (Å²) in [4.78, 5) is 19.3. The number of anilines is 1. The highest BCUT2D eigenvalue weighted by Gasteiger charge is 2.21. The minimum absolute atomic E-state index is 0.316. The minimum atomic E-state index is -0.367. The van der Waals surface area contributed by atoms with Crippen molar-refractivity contribution in [3.05, 3.63) is 76.8 Å². The average Bonchev–Trinajstić information content (AvgIpc) is 3.27. The lowest BCUT2D eigenvalue weighted by Gasteiger charge is -2.35. The van der Waals surface area contributed by atoms with Gasteiger partial charge in [-0.05, 0) is 36.4 Å².